The van der Waals surface area contributed by atoms with E-state index in [2.05, 4.69) is 4.90 Å². The van der Waals surface area contributed by atoms with Crippen molar-refractivity contribution in [1.82, 2.24) is 4.90 Å². The molecule has 0 aromatic carbocycles. The van der Waals surface area contributed by atoms with Crippen molar-refractivity contribution < 1.29 is 8.78 Å². The Bertz CT molecular complexity index is 222. The van der Waals surface area contributed by atoms with Gasteiger partial charge in [-0.15, -0.1) is 0 Å². The molecule has 1 aliphatic heterocycles. The molecule has 1 unspecified atom stereocenters. The second kappa shape index (κ2) is 3.14. The highest BCUT2D eigenvalue weighted by Gasteiger charge is 2.58. The van der Waals surface area contributed by atoms with Crippen LogP contribution < -0.4 is 5.73 Å². The largest absolute Gasteiger partial charge is 0.323 e. The molecule has 2 N–H and O–H groups in total. The van der Waals surface area contributed by atoms with Gasteiger partial charge in [0.1, 0.15) is 0 Å². The summed E-state index contributed by atoms with van der Waals surface area (Å²) in [5.74, 6) is -2.51. The van der Waals surface area contributed by atoms with Gasteiger partial charge in [-0.05, 0) is 26.4 Å². The summed E-state index contributed by atoms with van der Waals surface area (Å²) in [6.07, 6.45) is 3.01. The molecule has 1 atom stereocenters. The van der Waals surface area contributed by atoms with Gasteiger partial charge in [-0.3, -0.25) is 0 Å². The van der Waals surface area contributed by atoms with Gasteiger partial charge in [0.2, 0.25) is 0 Å². The highest BCUT2D eigenvalue weighted by molar-refractivity contribution is 5.10. The predicted molar refractivity (Wildman–Crippen MR) is 51.4 cm³/mol. The van der Waals surface area contributed by atoms with Crippen LogP contribution in [-0.2, 0) is 0 Å². The molecular formula is C10H18F2N2. The maximum absolute atomic E-state index is 12.8. The number of likely N-dealkylation sites (tertiary alicyclic amines) is 1. The summed E-state index contributed by atoms with van der Waals surface area (Å²) in [6.45, 7) is 0.995. The molecule has 14 heavy (non-hydrogen) atoms. The topological polar surface area (TPSA) is 29.3 Å². The molecule has 1 saturated heterocycles. The van der Waals surface area contributed by atoms with Gasteiger partial charge in [0, 0.05) is 24.4 Å². The first kappa shape index (κ1) is 10.3. The molecule has 2 fully saturated rings. The molecule has 0 radical (unpaired) electrons. The van der Waals surface area contributed by atoms with Crippen LogP contribution in [0.2, 0.25) is 0 Å². The number of rotatable bonds is 1. The minimum absolute atomic E-state index is 0.130. The van der Waals surface area contributed by atoms with Crippen LogP contribution in [0, 0.1) is 0 Å². The summed E-state index contributed by atoms with van der Waals surface area (Å²) in [5, 5.41) is 0. The Morgan fingerprint density at radius 2 is 1.93 bits per heavy atom. The normalized spacial score (nSPS) is 36.4. The van der Waals surface area contributed by atoms with Gasteiger partial charge >= 0.3 is 0 Å². The van der Waals surface area contributed by atoms with Crippen LogP contribution in [0.5, 0.6) is 0 Å². The van der Waals surface area contributed by atoms with Crippen molar-refractivity contribution in [3.63, 3.8) is 0 Å². The van der Waals surface area contributed by atoms with Crippen molar-refractivity contribution in [2.75, 3.05) is 13.6 Å². The number of nitrogens with two attached hydrogens (primary N) is 1. The van der Waals surface area contributed by atoms with Gasteiger partial charge in [-0.1, -0.05) is 6.42 Å². The fourth-order valence-electron chi connectivity index (χ4n) is 2.95. The van der Waals surface area contributed by atoms with Gasteiger partial charge < -0.3 is 10.6 Å². The Morgan fingerprint density at radius 3 is 2.43 bits per heavy atom. The molecule has 2 rings (SSSR count). The quantitative estimate of drug-likeness (QED) is 0.703. The average Bonchev–Trinajstić information content (AvgIpc) is 2.00. The van der Waals surface area contributed by atoms with E-state index < -0.39 is 11.5 Å². The highest BCUT2D eigenvalue weighted by atomic mass is 19.3. The van der Waals surface area contributed by atoms with Crippen LogP contribution in [0.3, 0.4) is 0 Å². The zero-order valence-corrected chi connectivity index (χ0v) is 8.60. The van der Waals surface area contributed by atoms with Crippen molar-refractivity contribution in [1.29, 1.82) is 0 Å². The standard InChI is InChI=1S/C10H18F2N2/c1-14-5-3-2-4-8(14)9(13)6-10(11,12)7-9/h8H,2-7,13H2,1H3. The number of halogens is 2. The molecule has 0 aromatic heterocycles. The Kier molecular flexibility index (Phi) is 2.31. The zero-order valence-electron chi connectivity index (χ0n) is 8.60. The minimum atomic E-state index is -2.51. The number of likely N-dealkylation sites (N-methyl/N-ethyl adjacent to an activating group) is 1. The average molecular weight is 204 g/mol. The van der Waals surface area contributed by atoms with Gasteiger partial charge in [0.05, 0.1) is 0 Å². The first-order valence-corrected chi connectivity index (χ1v) is 5.30. The van der Waals surface area contributed by atoms with E-state index in [9.17, 15) is 8.78 Å². The number of nitrogens with zero attached hydrogens (tertiary/aromatic N) is 1. The van der Waals surface area contributed by atoms with Crippen LogP contribution >= 0.6 is 0 Å². The third-order valence-corrected chi connectivity index (χ3v) is 3.61. The molecule has 0 amide bonds. The number of piperidine rings is 1. The van der Waals surface area contributed by atoms with Crippen LogP contribution in [0.4, 0.5) is 8.78 Å². The van der Waals surface area contributed by atoms with E-state index >= 15 is 0 Å². The lowest BCUT2D eigenvalue weighted by Crippen LogP contribution is -2.69. The summed E-state index contributed by atoms with van der Waals surface area (Å²) < 4.78 is 25.6. The van der Waals surface area contributed by atoms with E-state index in [1.54, 1.807) is 0 Å². The summed E-state index contributed by atoms with van der Waals surface area (Å²) in [6, 6.07) is 0.163. The van der Waals surface area contributed by atoms with Gasteiger partial charge in [-0.2, -0.15) is 0 Å². The van der Waals surface area contributed by atoms with E-state index in [1.807, 2.05) is 7.05 Å². The van der Waals surface area contributed by atoms with Gasteiger partial charge in [0.25, 0.3) is 5.92 Å². The monoisotopic (exact) mass is 204 g/mol. The van der Waals surface area contributed by atoms with Gasteiger partial charge in [0.15, 0.2) is 0 Å². The first-order chi connectivity index (χ1) is 6.43. The summed E-state index contributed by atoms with van der Waals surface area (Å²) >= 11 is 0. The molecular weight excluding hydrogens is 186 g/mol. The van der Waals surface area contributed by atoms with Crippen molar-refractivity contribution in [3.8, 4) is 0 Å². The lowest BCUT2D eigenvalue weighted by Gasteiger charge is -2.53. The van der Waals surface area contributed by atoms with E-state index in [0.717, 1.165) is 19.4 Å². The van der Waals surface area contributed by atoms with E-state index in [0.29, 0.717) is 0 Å². The maximum Gasteiger partial charge on any atom is 0.251 e. The Balaban J connectivity index is 2.01. The van der Waals surface area contributed by atoms with Crippen molar-refractivity contribution in [2.45, 2.75) is 49.6 Å². The third-order valence-electron chi connectivity index (χ3n) is 3.61. The smallest absolute Gasteiger partial charge is 0.251 e. The van der Waals surface area contributed by atoms with Crippen molar-refractivity contribution in [2.24, 2.45) is 5.73 Å². The summed E-state index contributed by atoms with van der Waals surface area (Å²) in [4.78, 5) is 2.15. The second-order valence-electron chi connectivity index (χ2n) is 4.93. The molecule has 1 saturated carbocycles. The minimum Gasteiger partial charge on any atom is -0.323 e. The predicted octanol–water partition coefficient (Wildman–Crippen LogP) is 1.60. The Hall–Kier alpha value is -0.220. The van der Waals surface area contributed by atoms with Crippen LogP contribution in [-0.4, -0.2) is 36.0 Å². The van der Waals surface area contributed by atoms with Gasteiger partial charge in [-0.25, -0.2) is 8.78 Å². The fourth-order valence-corrected chi connectivity index (χ4v) is 2.95. The maximum atomic E-state index is 12.8. The van der Waals surface area contributed by atoms with Crippen LogP contribution in [0.15, 0.2) is 0 Å². The van der Waals surface area contributed by atoms with Crippen molar-refractivity contribution in [3.05, 3.63) is 0 Å². The summed E-state index contributed by atoms with van der Waals surface area (Å²) in [5.41, 5.74) is 5.40. The van der Waals surface area contributed by atoms with Crippen LogP contribution in [0.25, 0.3) is 0 Å². The molecule has 4 heteroatoms. The zero-order chi connectivity index (χ0) is 10.4. The Labute approximate surface area is 83.4 Å². The fraction of sp³-hybridized carbons (Fsp3) is 1.00. The lowest BCUT2D eigenvalue weighted by molar-refractivity contribution is -0.146. The van der Waals surface area contributed by atoms with Crippen LogP contribution in [0.1, 0.15) is 32.1 Å². The third kappa shape index (κ3) is 1.65. The number of hydrogen-bond acceptors (Lipinski definition) is 2. The molecule has 2 aliphatic rings. The summed E-state index contributed by atoms with van der Waals surface area (Å²) in [7, 11) is 1.99. The van der Waals surface area contributed by atoms with E-state index in [-0.39, 0.29) is 18.9 Å². The molecule has 0 spiro atoms. The number of alkyl halides is 2. The number of hydrogen-bond donors (Lipinski definition) is 1. The first-order valence-electron chi connectivity index (χ1n) is 5.30. The van der Waals surface area contributed by atoms with E-state index in [1.165, 1.54) is 6.42 Å². The Morgan fingerprint density at radius 1 is 1.29 bits per heavy atom. The van der Waals surface area contributed by atoms with E-state index in [4.69, 9.17) is 5.73 Å². The highest BCUT2D eigenvalue weighted by Crippen LogP contribution is 2.48. The molecule has 1 heterocycles. The molecule has 0 bridgehead atoms. The SMILES string of the molecule is CN1CCCCC1C1(N)CC(F)(F)C1. The molecule has 2 nitrogen and oxygen atoms in total. The molecule has 1 aliphatic carbocycles. The van der Waals surface area contributed by atoms with Crippen molar-refractivity contribution >= 4 is 0 Å². The molecule has 0 aromatic rings. The molecule has 82 valence electrons. The second-order valence-corrected chi connectivity index (χ2v) is 4.93. The lowest BCUT2D eigenvalue weighted by atomic mass is 9.67.